The van der Waals surface area contributed by atoms with Gasteiger partial charge in [-0.3, -0.25) is 0 Å². The number of hydrogen-bond donors (Lipinski definition) is 0. The molecule has 2 aromatic rings. The zero-order chi connectivity index (χ0) is 18.5. The molecule has 0 amide bonds. The van der Waals surface area contributed by atoms with E-state index in [2.05, 4.69) is 37.3 Å². The summed E-state index contributed by atoms with van der Waals surface area (Å²) in [5.41, 5.74) is 2.55. The predicted octanol–water partition coefficient (Wildman–Crippen LogP) is 7.88. The van der Waals surface area contributed by atoms with Gasteiger partial charge in [0.1, 0.15) is 0 Å². The van der Waals surface area contributed by atoms with Crippen molar-refractivity contribution in [1.29, 1.82) is 0 Å². The average molecular weight is 323 g/mol. The second-order valence-corrected chi connectivity index (χ2v) is 4.34. The highest BCUT2D eigenvalue weighted by Gasteiger charge is 1.78. The monoisotopic (exact) mass is 322 g/mol. The Labute approximate surface area is 150 Å². The van der Waals surface area contributed by atoms with E-state index in [1.165, 1.54) is 11.1 Å². The quantitative estimate of drug-likeness (QED) is 0.504. The van der Waals surface area contributed by atoms with Crippen LogP contribution in [-0.4, -0.2) is 0 Å². The van der Waals surface area contributed by atoms with Gasteiger partial charge in [0.25, 0.3) is 0 Å². The van der Waals surface area contributed by atoms with Crippen LogP contribution in [0.3, 0.4) is 0 Å². The topological polar surface area (TPSA) is 0 Å². The standard InChI is InChI=1S/C13H14.C7H8.2C2H6/c1-2-3-4-5-7-10-13-11-8-6-9-12-13;1-7-5-3-2-4-6-7;2*1-2/h2-12H,1H3;2-6H,1H3;2*1-2H3/b3-2+,5-4-,10-7-;;;. The molecule has 0 unspecified atom stereocenters. The van der Waals surface area contributed by atoms with Crippen molar-refractivity contribution < 1.29 is 0 Å². The maximum absolute atomic E-state index is 2.08. The summed E-state index contributed by atoms with van der Waals surface area (Å²) in [6, 6.07) is 20.5. The maximum Gasteiger partial charge on any atom is -0.0257 e. The molecule has 0 aromatic heterocycles. The second kappa shape index (κ2) is 20.7. The highest BCUT2D eigenvalue weighted by molar-refractivity contribution is 5.50. The molecule has 0 fully saturated rings. The van der Waals surface area contributed by atoms with Crippen molar-refractivity contribution in [1.82, 2.24) is 0 Å². The molecule has 0 radical (unpaired) electrons. The molecular weight excluding hydrogens is 288 g/mol. The van der Waals surface area contributed by atoms with Crippen LogP contribution in [0.2, 0.25) is 0 Å². The SMILES string of the molecule is C/C=C/C=C\C=C/c1ccccc1.CC.CC.Cc1ccccc1. The number of benzene rings is 2. The van der Waals surface area contributed by atoms with Crippen LogP contribution in [0, 0.1) is 6.92 Å². The average Bonchev–Trinajstić information content (AvgIpc) is 2.67. The van der Waals surface area contributed by atoms with Gasteiger partial charge in [-0.05, 0) is 19.4 Å². The molecule has 0 saturated heterocycles. The first kappa shape index (κ1) is 23.9. The molecule has 0 heteroatoms. The molecule has 0 saturated carbocycles. The molecule has 0 aliphatic heterocycles. The summed E-state index contributed by atoms with van der Waals surface area (Å²) in [6.45, 7) is 12.1. The third-order valence-electron chi connectivity index (χ3n) is 2.55. The van der Waals surface area contributed by atoms with Gasteiger partial charge in [0, 0.05) is 0 Å². The van der Waals surface area contributed by atoms with Crippen LogP contribution >= 0.6 is 0 Å². The fraction of sp³-hybridized carbons (Fsp3) is 0.250. The summed E-state index contributed by atoms with van der Waals surface area (Å²) >= 11 is 0. The Morgan fingerprint density at radius 2 is 1.04 bits per heavy atom. The molecule has 0 N–H and O–H groups in total. The van der Waals surface area contributed by atoms with Crippen LogP contribution in [-0.2, 0) is 0 Å². The molecule has 0 atom stereocenters. The highest BCUT2D eigenvalue weighted by atomic mass is 13.8. The zero-order valence-corrected chi connectivity index (χ0v) is 16.2. The summed E-state index contributed by atoms with van der Waals surface area (Å²) < 4.78 is 0. The van der Waals surface area contributed by atoms with Gasteiger partial charge in [-0.1, -0.05) is 130 Å². The fourth-order valence-electron chi connectivity index (χ4n) is 1.50. The van der Waals surface area contributed by atoms with Gasteiger partial charge in [-0.15, -0.1) is 0 Å². The van der Waals surface area contributed by atoms with E-state index in [0.717, 1.165) is 0 Å². The molecule has 2 rings (SSSR count). The molecule has 0 spiro atoms. The lowest BCUT2D eigenvalue weighted by atomic mass is 10.2. The molecular formula is C24H34. The van der Waals surface area contributed by atoms with Crippen molar-refractivity contribution in [3.63, 3.8) is 0 Å². The highest BCUT2D eigenvalue weighted by Crippen LogP contribution is 2.00. The van der Waals surface area contributed by atoms with Crippen LogP contribution in [0.25, 0.3) is 6.08 Å². The summed E-state index contributed by atoms with van der Waals surface area (Å²) in [5, 5.41) is 0. The lowest BCUT2D eigenvalue weighted by molar-refractivity contribution is 1.48. The van der Waals surface area contributed by atoms with E-state index < -0.39 is 0 Å². The third-order valence-corrected chi connectivity index (χ3v) is 2.55. The summed E-state index contributed by atoms with van der Waals surface area (Å²) in [5.74, 6) is 0. The number of aryl methyl sites for hydroxylation is 1. The van der Waals surface area contributed by atoms with Crippen molar-refractivity contribution in [3.8, 4) is 0 Å². The Hall–Kier alpha value is -2.34. The van der Waals surface area contributed by atoms with E-state index in [0.29, 0.717) is 0 Å². The van der Waals surface area contributed by atoms with Crippen molar-refractivity contribution in [3.05, 3.63) is 102 Å². The zero-order valence-electron chi connectivity index (χ0n) is 16.2. The summed E-state index contributed by atoms with van der Waals surface area (Å²) in [6.07, 6.45) is 12.2. The summed E-state index contributed by atoms with van der Waals surface area (Å²) in [4.78, 5) is 0. The normalized spacial score (nSPS) is 9.58. The van der Waals surface area contributed by atoms with Crippen molar-refractivity contribution in [2.75, 3.05) is 0 Å². The van der Waals surface area contributed by atoms with Crippen LogP contribution < -0.4 is 0 Å². The third kappa shape index (κ3) is 16.0. The van der Waals surface area contributed by atoms with Crippen molar-refractivity contribution >= 4 is 6.08 Å². The smallest absolute Gasteiger partial charge is 0.0257 e. The van der Waals surface area contributed by atoms with Gasteiger partial charge >= 0.3 is 0 Å². The molecule has 0 aliphatic carbocycles. The van der Waals surface area contributed by atoms with Gasteiger partial charge in [-0.25, -0.2) is 0 Å². The van der Waals surface area contributed by atoms with Crippen LogP contribution in [0.5, 0.6) is 0 Å². The van der Waals surface area contributed by atoms with Gasteiger partial charge in [0.05, 0.1) is 0 Å². The molecule has 0 bridgehead atoms. The largest absolute Gasteiger partial charge is 0.0877 e. The minimum Gasteiger partial charge on any atom is -0.0877 e. The van der Waals surface area contributed by atoms with Gasteiger partial charge in [0.15, 0.2) is 0 Å². The Morgan fingerprint density at radius 1 is 0.583 bits per heavy atom. The van der Waals surface area contributed by atoms with E-state index in [-0.39, 0.29) is 0 Å². The molecule has 2 aromatic carbocycles. The van der Waals surface area contributed by atoms with Crippen molar-refractivity contribution in [2.24, 2.45) is 0 Å². The van der Waals surface area contributed by atoms with E-state index in [9.17, 15) is 0 Å². The first-order chi connectivity index (χ1) is 11.8. The maximum atomic E-state index is 2.08. The van der Waals surface area contributed by atoms with E-state index in [1.54, 1.807) is 0 Å². The van der Waals surface area contributed by atoms with Crippen LogP contribution in [0.4, 0.5) is 0 Å². The van der Waals surface area contributed by atoms with Crippen molar-refractivity contribution in [2.45, 2.75) is 41.5 Å². The lowest BCUT2D eigenvalue weighted by Gasteiger charge is -1.87. The Balaban J connectivity index is 0. The Morgan fingerprint density at radius 3 is 1.46 bits per heavy atom. The van der Waals surface area contributed by atoms with Crippen LogP contribution in [0.1, 0.15) is 45.7 Å². The molecule has 24 heavy (non-hydrogen) atoms. The predicted molar refractivity (Wildman–Crippen MR) is 113 cm³/mol. The van der Waals surface area contributed by atoms with Gasteiger partial charge in [0.2, 0.25) is 0 Å². The first-order valence-electron chi connectivity index (χ1n) is 8.85. The fourth-order valence-corrected chi connectivity index (χ4v) is 1.50. The molecule has 0 aliphatic rings. The van der Waals surface area contributed by atoms with E-state index in [1.807, 2.05) is 101 Å². The molecule has 0 heterocycles. The first-order valence-corrected chi connectivity index (χ1v) is 8.85. The van der Waals surface area contributed by atoms with Gasteiger partial charge < -0.3 is 0 Å². The number of allylic oxidation sites excluding steroid dienone is 5. The minimum absolute atomic E-state index is 1.23. The van der Waals surface area contributed by atoms with E-state index in [4.69, 9.17) is 0 Å². The number of hydrogen-bond acceptors (Lipinski definition) is 0. The Kier molecular flexibility index (Phi) is 20.6. The molecule has 0 nitrogen and oxygen atoms in total. The lowest BCUT2D eigenvalue weighted by Crippen LogP contribution is -1.66. The Bertz CT molecular complexity index is 531. The minimum atomic E-state index is 1.23. The van der Waals surface area contributed by atoms with Gasteiger partial charge in [-0.2, -0.15) is 0 Å². The second-order valence-electron chi connectivity index (χ2n) is 4.34. The summed E-state index contributed by atoms with van der Waals surface area (Å²) in [7, 11) is 0. The molecule has 130 valence electrons. The number of rotatable bonds is 3. The van der Waals surface area contributed by atoms with Crippen LogP contribution in [0.15, 0.2) is 91.0 Å². The van der Waals surface area contributed by atoms with E-state index >= 15 is 0 Å².